The Morgan fingerprint density at radius 2 is 2.05 bits per heavy atom. The van der Waals surface area contributed by atoms with Crippen molar-refractivity contribution in [3.8, 4) is 0 Å². The molecule has 21 heavy (non-hydrogen) atoms. The first-order valence-corrected chi connectivity index (χ1v) is 5.76. The number of hydrogen-bond acceptors (Lipinski definition) is 5. The maximum absolute atomic E-state index is 12.8. The lowest BCUT2D eigenvalue weighted by molar-refractivity contribution is -0.384. The summed E-state index contributed by atoms with van der Waals surface area (Å²) in [6.45, 7) is 0. The number of nitrogens with one attached hydrogen (secondary N) is 1. The molecule has 0 aliphatic rings. The van der Waals surface area contributed by atoms with Gasteiger partial charge < -0.3 is 5.32 Å². The van der Waals surface area contributed by atoms with E-state index in [2.05, 4.69) is 15.3 Å². The highest BCUT2D eigenvalue weighted by Gasteiger charge is 2.35. The Morgan fingerprint density at radius 1 is 1.33 bits per heavy atom. The second-order valence-corrected chi connectivity index (χ2v) is 4.17. The predicted octanol–water partition coefficient (Wildman–Crippen LogP) is 3.80. The molecule has 2 aromatic rings. The lowest BCUT2D eigenvalue weighted by atomic mass is 10.2. The summed E-state index contributed by atoms with van der Waals surface area (Å²) in [5.41, 5.74) is -1.32. The molecule has 0 aliphatic heterocycles. The highest BCUT2D eigenvalue weighted by molar-refractivity contribution is 6.28. The van der Waals surface area contributed by atoms with Crippen LogP contribution in [0.2, 0.25) is 5.28 Å². The van der Waals surface area contributed by atoms with Crippen molar-refractivity contribution in [3.63, 3.8) is 0 Å². The van der Waals surface area contributed by atoms with E-state index < -0.39 is 22.5 Å². The second kappa shape index (κ2) is 5.52. The molecule has 0 saturated heterocycles. The van der Waals surface area contributed by atoms with Gasteiger partial charge in [-0.15, -0.1) is 0 Å². The minimum Gasteiger partial charge on any atom is -0.339 e. The number of anilines is 2. The molecule has 2 rings (SSSR count). The van der Waals surface area contributed by atoms with Gasteiger partial charge in [0.1, 0.15) is 11.4 Å². The van der Waals surface area contributed by atoms with E-state index >= 15 is 0 Å². The van der Waals surface area contributed by atoms with Crippen LogP contribution in [0.25, 0.3) is 0 Å². The van der Waals surface area contributed by atoms with E-state index in [0.29, 0.717) is 6.20 Å². The molecule has 110 valence electrons. The molecule has 1 aromatic carbocycles. The summed E-state index contributed by atoms with van der Waals surface area (Å²) in [7, 11) is 0. The largest absolute Gasteiger partial charge is 0.421 e. The zero-order valence-corrected chi connectivity index (χ0v) is 10.8. The Kier molecular flexibility index (Phi) is 3.94. The standard InChI is InChI=1S/C11H6ClF3N4O2/c12-10-16-5-8(11(13,14)15)9(18-10)17-6-2-1-3-7(4-6)19(20)21/h1-5H,(H,16,17,18). The van der Waals surface area contributed by atoms with E-state index in [1.165, 1.54) is 18.2 Å². The van der Waals surface area contributed by atoms with E-state index in [0.717, 1.165) is 6.07 Å². The average molecular weight is 319 g/mol. The minimum atomic E-state index is -4.69. The Hall–Kier alpha value is -2.42. The summed E-state index contributed by atoms with van der Waals surface area (Å²) < 4.78 is 38.5. The van der Waals surface area contributed by atoms with E-state index in [4.69, 9.17) is 11.6 Å². The first kappa shape index (κ1) is 15.0. The summed E-state index contributed by atoms with van der Waals surface area (Å²) in [6, 6.07) is 4.98. The third-order valence-electron chi connectivity index (χ3n) is 2.38. The smallest absolute Gasteiger partial charge is 0.339 e. The number of nitrogens with zero attached hydrogens (tertiary/aromatic N) is 3. The number of non-ortho nitro benzene ring substituents is 1. The summed E-state index contributed by atoms with van der Waals surface area (Å²) in [4.78, 5) is 16.7. The van der Waals surface area contributed by atoms with Gasteiger partial charge in [0.25, 0.3) is 5.69 Å². The van der Waals surface area contributed by atoms with E-state index in [1.807, 2.05) is 0 Å². The van der Waals surface area contributed by atoms with Crippen LogP contribution in [0.15, 0.2) is 30.5 Å². The summed E-state index contributed by atoms with van der Waals surface area (Å²) in [5, 5.41) is 12.6. The highest BCUT2D eigenvalue weighted by Crippen LogP contribution is 2.35. The van der Waals surface area contributed by atoms with Gasteiger partial charge in [0.2, 0.25) is 5.28 Å². The number of hydrogen-bond donors (Lipinski definition) is 1. The Balaban J connectivity index is 2.41. The van der Waals surface area contributed by atoms with E-state index in [1.54, 1.807) is 0 Å². The van der Waals surface area contributed by atoms with Crippen molar-refractivity contribution in [1.82, 2.24) is 9.97 Å². The molecule has 6 nitrogen and oxygen atoms in total. The average Bonchev–Trinajstić information content (AvgIpc) is 2.37. The van der Waals surface area contributed by atoms with Crippen molar-refractivity contribution in [1.29, 1.82) is 0 Å². The molecule has 0 fully saturated rings. The zero-order valence-electron chi connectivity index (χ0n) is 10.1. The zero-order chi connectivity index (χ0) is 15.6. The monoisotopic (exact) mass is 318 g/mol. The van der Waals surface area contributed by atoms with Crippen molar-refractivity contribution in [2.24, 2.45) is 0 Å². The number of nitro groups is 1. The Labute approximate surface area is 120 Å². The molecule has 0 spiro atoms. The van der Waals surface area contributed by atoms with Crippen LogP contribution in [0, 0.1) is 10.1 Å². The van der Waals surface area contributed by atoms with Crippen molar-refractivity contribution in [2.75, 3.05) is 5.32 Å². The van der Waals surface area contributed by atoms with Crippen molar-refractivity contribution in [3.05, 3.63) is 51.4 Å². The van der Waals surface area contributed by atoms with E-state index in [9.17, 15) is 23.3 Å². The van der Waals surface area contributed by atoms with Crippen LogP contribution in [0.1, 0.15) is 5.56 Å². The summed E-state index contributed by atoms with van der Waals surface area (Å²) in [5.74, 6) is -0.581. The van der Waals surface area contributed by atoms with Crippen LogP contribution in [0.4, 0.5) is 30.4 Å². The molecule has 0 aliphatic carbocycles. The molecule has 0 atom stereocenters. The molecule has 10 heteroatoms. The summed E-state index contributed by atoms with van der Waals surface area (Å²) >= 11 is 5.48. The van der Waals surface area contributed by atoms with Gasteiger partial charge in [-0.05, 0) is 17.7 Å². The maximum atomic E-state index is 12.8. The lowest BCUT2D eigenvalue weighted by Crippen LogP contribution is -2.11. The molecule has 1 heterocycles. The van der Waals surface area contributed by atoms with Crippen LogP contribution in [0.5, 0.6) is 0 Å². The number of benzene rings is 1. The van der Waals surface area contributed by atoms with Gasteiger partial charge in [-0.3, -0.25) is 10.1 Å². The highest BCUT2D eigenvalue weighted by atomic mass is 35.5. The number of nitro benzene ring substituents is 1. The normalized spacial score (nSPS) is 11.2. The van der Waals surface area contributed by atoms with Crippen LogP contribution in [-0.2, 0) is 6.18 Å². The molecule has 0 unspecified atom stereocenters. The fraction of sp³-hybridized carbons (Fsp3) is 0.0909. The predicted molar refractivity (Wildman–Crippen MR) is 68.4 cm³/mol. The Morgan fingerprint density at radius 3 is 2.67 bits per heavy atom. The third kappa shape index (κ3) is 3.57. The van der Waals surface area contributed by atoms with E-state index in [-0.39, 0.29) is 16.7 Å². The summed E-state index contributed by atoms with van der Waals surface area (Å²) in [6.07, 6.45) is -4.15. The molecule has 0 radical (unpaired) electrons. The molecule has 1 aromatic heterocycles. The van der Waals surface area contributed by atoms with Crippen molar-refractivity contribution >= 4 is 28.8 Å². The third-order valence-corrected chi connectivity index (χ3v) is 2.57. The first-order chi connectivity index (χ1) is 9.77. The van der Waals surface area contributed by atoms with Gasteiger partial charge in [-0.25, -0.2) is 4.98 Å². The van der Waals surface area contributed by atoms with Crippen LogP contribution >= 0.6 is 11.6 Å². The lowest BCUT2D eigenvalue weighted by Gasteiger charge is -2.13. The molecule has 1 N–H and O–H groups in total. The van der Waals surface area contributed by atoms with Crippen LogP contribution in [-0.4, -0.2) is 14.9 Å². The number of alkyl halides is 3. The molecular weight excluding hydrogens is 313 g/mol. The topological polar surface area (TPSA) is 81.0 Å². The molecular formula is C11H6ClF3N4O2. The Bertz CT molecular complexity index is 693. The van der Waals surface area contributed by atoms with Gasteiger partial charge in [0, 0.05) is 24.0 Å². The fourth-order valence-electron chi connectivity index (χ4n) is 1.50. The van der Waals surface area contributed by atoms with Crippen LogP contribution in [0.3, 0.4) is 0 Å². The SMILES string of the molecule is O=[N+]([O-])c1cccc(Nc2nc(Cl)ncc2C(F)(F)F)c1. The van der Waals surface area contributed by atoms with Crippen LogP contribution < -0.4 is 5.32 Å². The number of halogens is 4. The van der Waals surface area contributed by atoms with Gasteiger partial charge in [-0.2, -0.15) is 18.2 Å². The number of rotatable bonds is 3. The molecule has 0 saturated carbocycles. The quantitative estimate of drug-likeness (QED) is 0.529. The fourth-order valence-corrected chi connectivity index (χ4v) is 1.63. The molecule has 0 amide bonds. The first-order valence-electron chi connectivity index (χ1n) is 5.38. The maximum Gasteiger partial charge on any atom is 0.421 e. The van der Waals surface area contributed by atoms with Gasteiger partial charge in [0.05, 0.1) is 4.92 Å². The molecule has 0 bridgehead atoms. The van der Waals surface area contributed by atoms with Crippen molar-refractivity contribution in [2.45, 2.75) is 6.18 Å². The van der Waals surface area contributed by atoms with Gasteiger partial charge in [-0.1, -0.05) is 6.07 Å². The minimum absolute atomic E-state index is 0.0736. The van der Waals surface area contributed by atoms with Gasteiger partial charge >= 0.3 is 6.18 Å². The second-order valence-electron chi connectivity index (χ2n) is 3.83. The van der Waals surface area contributed by atoms with Crippen molar-refractivity contribution < 1.29 is 18.1 Å². The van der Waals surface area contributed by atoms with Gasteiger partial charge in [0.15, 0.2) is 0 Å². The number of aromatic nitrogens is 2.